The van der Waals surface area contributed by atoms with Crippen LogP contribution in [0.2, 0.25) is 0 Å². The van der Waals surface area contributed by atoms with Crippen LogP contribution in [0.15, 0.2) is 4.90 Å². The van der Waals surface area contributed by atoms with Crippen molar-refractivity contribution < 1.29 is 13.5 Å². The highest BCUT2D eigenvalue weighted by Gasteiger charge is 2.27. The first kappa shape index (κ1) is 12.2. The van der Waals surface area contributed by atoms with Gasteiger partial charge in [0.2, 0.25) is 10.0 Å². The molecule has 0 amide bonds. The zero-order valence-electron chi connectivity index (χ0n) is 8.98. The van der Waals surface area contributed by atoms with Gasteiger partial charge in [-0.15, -0.1) is 0 Å². The number of aliphatic hydroxyl groups excluding tert-OH is 1. The summed E-state index contributed by atoms with van der Waals surface area (Å²) in [5.41, 5.74) is 0.604. The van der Waals surface area contributed by atoms with Crippen LogP contribution in [0, 0.1) is 6.92 Å². The van der Waals surface area contributed by atoms with Crippen molar-refractivity contribution in [3.05, 3.63) is 11.4 Å². The lowest BCUT2D eigenvalue weighted by molar-refractivity contribution is 0.273. The quantitative estimate of drug-likeness (QED) is 0.757. The summed E-state index contributed by atoms with van der Waals surface area (Å²) in [4.78, 5) is 0.0781. The van der Waals surface area contributed by atoms with Crippen LogP contribution in [0.1, 0.15) is 18.3 Å². The molecule has 0 aliphatic rings. The molecular formula is C8H15N3O3S. The highest BCUT2D eigenvalue weighted by molar-refractivity contribution is 7.89. The fourth-order valence-electron chi connectivity index (χ4n) is 1.24. The van der Waals surface area contributed by atoms with Crippen LogP contribution in [0.25, 0.3) is 0 Å². The molecule has 0 fully saturated rings. The first-order valence-electron chi connectivity index (χ1n) is 4.56. The van der Waals surface area contributed by atoms with Crippen LogP contribution < -0.4 is 0 Å². The summed E-state index contributed by atoms with van der Waals surface area (Å²) in [6, 6.07) is 0. The molecule has 7 heteroatoms. The summed E-state index contributed by atoms with van der Waals surface area (Å²) in [6.07, 6.45) is 0. The summed E-state index contributed by atoms with van der Waals surface area (Å²) in [7, 11) is -2.05. The van der Waals surface area contributed by atoms with Crippen molar-refractivity contribution in [1.29, 1.82) is 0 Å². The number of sulfonamides is 1. The predicted molar refractivity (Wildman–Crippen MR) is 54.7 cm³/mol. The van der Waals surface area contributed by atoms with E-state index in [1.54, 1.807) is 13.8 Å². The lowest BCUT2D eigenvalue weighted by atomic mass is 10.4. The maximum Gasteiger partial charge on any atom is 0.246 e. The first-order valence-corrected chi connectivity index (χ1v) is 6.00. The molecule has 0 atom stereocenters. The Hall–Kier alpha value is -0.920. The molecule has 6 nitrogen and oxygen atoms in total. The molecule has 86 valence electrons. The van der Waals surface area contributed by atoms with Gasteiger partial charge in [-0.1, -0.05) is 6.92 Å². The second kappa shape index (κ2) is 4.30. The Balaban J connectivity index is 3.32. The fourth-order valence-corrected chi connectivity index (χ4v) is 2.74. The highest BCUT2D eigenvalue weighted by Crippen LogP contribution is 2.20. The largest absolute Gasteiger partial charge is 0.390 e. The third kappa shape index (κ3) is 2.04. The van der Waals surface area contributed by atoms with E-state index in [1.165, 1.54) is 11.4 Å². The average Bonchev–Trinajstić information content (AvgIpc) is 2.58. The normalized spacial score (nSPS) is 12.3. The zero-order chi connectivity index (χ0) is 11.6. The van der Waals surface area contributed by atoms with Crippen molar-refractivity contribution in [3.8, 4) is 0 Å². The van der Waals surface area contributed by atoms with Crippen molar-refractivity contribution >= 4 is 10.0 Å². The maximum atomic E-state index is 12.0. The summed E-state index contributed by atoms with van der Waals surface area (Å²) in [5.74, 6) is 0. The molecule has 0 bridgehead atoms. The lowest BCUT2D eigenvalue weighted by Crippen LogP contribution is -2.27. The fraction of sp³-hybridized carbons (Fsp3) is 0.625. The molecule has 1 heterocycles. The number of hydrogen-bond acceptors (Lipinski definition) is 4. The monoisotopic (exact) mass is 233 g/mol. The van der Waals surface area contributed by atoms with Gasteiger partial charge in [-0.25, -0.2) is 12.7 Å². The van der Waals surface area contributed by atoms with Gasteiger partial charge in [0.25, 0.3) is 0 Å². The minimum absolute atomic E-state index is 0.0781. The molecule has 0 unspecified atom stereocenters. The van der Waals surface area contributed by atoms with E-state index < -0.39 is 16.6 Å². The summed E-state index contributed by atoms with van der Waals surface area (Å²) in [6.45, 7) is 3.34. The second-order valence-corrected chi connectivity index (χ2v) is 5.18. The Morgan fingerprint density at radius 1 is 1.53 bits per heavy atom. The van der Waals surface area contributed by atoms with Gasteiger partial charge in [0.15, 0.2) is 0 Å². The molecule has 1 aromatic rings. The maximum absolute atomic E-state index is 12.0. The van der Waals surface area contributed by atoms with Gasteiger partial charge in [-0.05, 0) is 6.92 Å². The molecule has 1 rings (SSSR count). The predicted octanol–water partition coefficient (Wildman–Crippen LogP) is -0.149. The molecule has 15 heavy (non-hydrogen) atoms. The van der Waals surface area contributed by atoms with Gasteiger partial charge in [-0.2, -0.15) is 5.10 Å². The molecule has 0 radical (unpaired) electrons. The number of nitrogens with zero attached hydrogens (tertiary/aromatic N) is 2. The Labute approximate surface area is 89.0 Å². The van der Waals surface area contributed by atoms with Crippen LogP contribution in [0.3, 0.4) is 0 Å². The number of nitrogens with one attached hydrogen (secondary N) is 1. The number of aromatic amines is 1. The summed E-state index contributed by atoms with van der Waals surface area (Å²) >= 11 is 0. The summed E-state index contributed by atoms with van der Waals surface area (Å²) < 4.78 is 25.2. The van der Waals surface area contributed by atoms with Gasteiger partial charge in [0.05, 0.1) is 12.3 Å². The van der Waals surface area contributed by atoms with Gasteiger partial charge < -0.3 is 5.11 Å². The van der Waals surface area contributed by atoms with E-state index >= 15 is 0 Å². The van der Waals surface area contributed by atoms with Crippen LogP contribution in [-0.4, -0.2) is 41.6 Å². The van der Waals surface area contributed by atoms with Crippen molar-refractivity contribution in [1.82, 2.24) is 14.5 Å². The lowest BCUT2D eigenvalue weighted by Gasteiger charge is -2.14. The first-order chi connectivity index (χ1) is 6.95. The zero-order valence-corrected chi connectivity index (χ0v) is 9.80. The van der Waals surface area contributed by atoms with Crippen molar-refractivity contribution in [2.45, 2.75) is 25.3 Å². The number of rotatable bonds is 4. The van der Waals surface area contributed by atoms with E-state index in [9.17, 15) is 8.42 Å². The highest BCUT2D eigenvalue weighted by atomic mass is 32.2. The molecule has 0 aliphatic heterocycles. The average molecular weight is 233 g/mol. The van der Waals surface area contributed by atoms with E-state index in [1.807, 2.05) is 0 Å². The smallest absolute Gasteiger partial charge is 0.246 e. The second-order valence-electron chi connectivity index (χ2n) is 3.20. The minimum Gasteiger partial charge on any atom is -0.390 e. The Morgan fingerprint density at radius 2 is 2.13 bits per heavy atom. The number of H-pyrrole nitrogens is 1. The molecule has 0 aliphatic carbocycles. The number of aromatic nitrogens is 2. The Bertz CT molecular complexity index is 438. The Morgan fingerprint density at radius 3 is 2.60 bits per heavy atom. The third-order valence-corrected chi connectivity index (χ3v) is 4.36. The Kier molecular flexibility index (Phi) is 3.48. The minimum atomic E-state index is -3.54. The van der Waals surface area contributed by atoms with Gasteiger partial charge >= 0.3 is 0 Å². The van der Waals surface area contributed by atoms with E-state index in [-0.39, 0.29) is 10.6 Å². The molecule has 0 saturated carbocycles. The number of aryl methyl sites for hydroxylation is 1. The number of aliphatic hydroxyl groups is 1. The van der Waals surface area contributed by atoms with Crippen molar-refractivity contribution in [2.24, 2.45) is 0 Å². The van der Waals surface area contributed by atoms with Crippen LogP contribution in [0.4, 0.5) is 0 Å². The van der Waals surface area contributed by atoms with Crippen LogP contribution >= 0.6 is 0 Å². The molecule has 2 N–H and O–H groups in total. The molecule has 0 aromatic carbocycles. The SMILES string of the molecule is CCN(C)S(=O)(=O)c1c(CO)n[nH]c1C. The van der Waals surface area contributed by atoms with E-state index in [0.717, 1.165) is 0 Å². The van der Waals surface area contributed by atoms with E-state index in [4.69, 9.17) is 5.11 Å². The molecule has 0 spiro atoms. The van der Waals surface area contributed by atoms with Crippen molar-refractivity contribution in [3.63, 3.8) is 0 Å². The van der Waals surface area contributed by atoms with Gasteiger partial charge in [0.1, 0.15) is 10.6 Å². The topological polar surface area (TPSA) is 86.3 Å². The standard InChI is InChI=1S/C8H15N3O3S/c1-4-11(3)15(13,14)8-6(2)9-10-7(8)5-12/h12H,4-5H2,1-3H3,(H,9,10). The summed E-state index contributed by atoms with van der Waals surface area (Å²) in [5, 5.41) is 15.3. The third-order valence-electron chi connectivity index (χ3n) is 2.22. The molecular weight excluding hydrogens is 218 g/mol. The van der Waals surface area contributed by atoms with Crippen LogP contribution in [0.5, 0.6) is 0 Å². The molecule has 0 saturated heterocycles. The van der Waals surface area contributed by atoms with Gasteiger partial charge in [0, 0.05) is 13.6 Å². The molecule has 1 aromatic heterocycles. The van der Waals surface area contributed by atoms with E-state index in [0.29, 0.717) is 12.2 Å². The number of hydrogen-bond donors (Lipinski definition) is 2. The van der Waals surface area contributed by atoms with Gasteiger partial charge in [-0.3, -0.25) is 5.10 Å². The van der Waals surface area contributed by atoms with Crippen LogP contribution in [-0.2, 0) is 16.6 Å². The van der Waals surface area contributed by atoms with Crippen molar-refractivity contribution in [2.75, 3.05) is 13.6 Å². The van der Waals surface area contributed by atoms with E-state index in [2.05, 4.69) is 10.2 Å².